The summed E-state index contributed by atoms with van der Waals surface area (Å²) in [6.07, 6.45) is 7.98. The zero-order valence-electron chi connectivity index (χ0n) is 15.2. The molecule has 5 heteroatoms. The summed E-state index contributed by atoms with van der Waals surface area (Å²) in [4.78, 5) is 8.90. The fraction of sp³-hybridized carbons (Fsp3) is 0.571. The van der Waals surface area contributed by atoms with Crippen molar-refractivity contribution in [2.24, 2.45) is 0 Å². The molecular weight excluding hydrogens is 342 g/mol. The fourth-order valence-corrected chi connectivity index (χ4v) is 5.42. The number of aromatic nitrogens is 1. The van der Waals surface area contributed by atoms with Crippen LogP contribution < -0.4 is 10.1 Å². The van der Waals surface area contributed by atoms with E-state index in [0.29, 0.717) is 6.10 Å². The Morgan fingerprint density at radius 2 is 1.88 bits per heavy atom. The van der Waals surface area contributed by atoms with E-state index in [1.165, 1.54) is 61.3 Å². The van der Waals surface area contributed by atoms with Gasteiger partial charge in [0.05, 0.1) is 5.69 Å². The molecule has 1 aliphatic carbocycles. The third-order valence-electron chi connectivity index (χ3n) is 5.98. The summed E-state index contributed by atoms with van der Waals surface area (Å²) in [6.45, 7) is 4.59. The lowest BCUT2D eigenvalue weighted by molar-refractivity contribution is 0.00893. The van der Waals surface area contributed by atoms with Crippen molar-refractivity contribution >= 4 is 11.3 Å². The first kappa shape index (κ1) is 16.7. The molecule has 1 saturated heterocycles. The van der Waals surface area contributed by atoms with Crippen LogP contribution in [0, 0.1) is 0 Å². The van der Waals surface area contributed by atoms with Crippen LogP contribution in [-0.2, 0) is 13.0 Å². The maximum atomic E-state index is 6.19. The molecule has 1 N–H and O–H groups in total. The summed E-state index contributed by atoms with van der Waals surface area (Å²) in [6, 6.07) is 9.31. The second-order valence-corrected chi connectivity index (χ2v) is 8.89. The third kappa shape index (κ3) is 3.40. The molecule has 1 saturated carbocycles. The van der Waals surface area contributed by atoms with Gasteiger partial charge in [-0.15, -0.1) is 11.3 Å². The van der Waals surface area contributed by atoms with Gasteiger partial charge in [0, 0.05) is 48.8 Å². The number of hydrogen-bond donors (Lipinski definition) is 1. The van der Waals surface area contributed by atoms with Gasteiger partial charge in [-0.2, -0.15) is 0 Å². The minimum atomic E-state index is 0.394. The Labute approximate surface area is 159 Å². The van der Waals surface area contributed by atoms with Gasteiger partial charge < -0.3 is 15.0 Å². The number of ether oxygens (including phenoxy) is 1. The molecule has 0 amide bonds. The van der Waals surface area contributed by atoms with Gasteiger partial charge in [0.2, 0.25) is 0 Å². The number of benzene rings is 1. The van der Waals surface area contributed by atoms with E-state index in [2.05, 4.69) is 34.5 Å². The summed E-state index contributed by atoms with van der Waals surface area (Å²) < 4.78 is 6.19. The van der Waals surface area contributed by atoms with Crippen molar-refractivity contribution in [3.8, 4) is 16.3 Å². The average molecular weight is 370 g/mol. The van der Waals surface area contributed by atoms with E-state index in [9.17, 15) is 0 Å². The van der Waals surface area contributed by atoms with Crippen molar-refractivity contribution in [2.75, 3.05) is 19.6 Å². The van der Waals surface area contributed by atoms with Crippen LogP contribution in [-0.4, -0.2) is 41.7 Å². The standard InChI is InChI=1S/C21H27N3OS/c1-2-10-24(11-3-1)16-12-18(13-16)25-17-6-4-15(5-7-17)21-23-19-8-9-22-14-20(19)26-21/h4-7,16,18,22H,1-3,8-14H2. The molecule has 5 rings (SSSR count). The molecule has 138 valence electrons. The molecule has 1 aromatic carbocycles. The van der Waals surface area contributed by atoms with E-state index in [1.54, 1.807) is 0 Å². The van der Waals surface area contributed by atoms with E-state index >= 15 is 0 Å². The Morgan fingerprint density at radius 3 is 2.65 bits per heavy atom. The van der Waals surface area contributed by atoms with Gasteiger partial charge in [0.1, 0.15) is 16.9 Å². The van der Waals surface area contributed by atoms with E-state index in [0.717, 1.165) is 36.3 Å². The molecule has 0 bridgehead atoms. The van der Waals surface area contributed by atoms with Gasteiger partial charge in [-0.25, -0.2) is 4.98 Å². The number of nitrogens with one attached hydrogen (secondary N) is 1. The van der Waals surface area contributed by atoms with Crippen LogP contribution in [0.25, 0.3) is 10.6 Å². The minimum absolute atomic E-state index is 0.394. The molecule has 3 heterocycles. The van der Waals surface area contributed by atoms with Crippen molar-refractivity contribution in [3.05, 3.63) is 34.8 Å². The van der Waals surface area contributed by atoms with E-state index in [4.69, 9.17) is 9.72 Å². The predicted molar refractivity (Wildman–Crippen MR) is 106 cm³/mol. The summed E-state index contributed by atoms with van der Waals surface area (Å²) in [5.41, 5.74) is 2.49. The molecule has 2 aromatic rings. The third-order valence-corrected chi connectivity index (χ3v) is 7.13. The Balaban J connectivity index is 1.18. The molecule has 0 spiro atoms. The number of hydrogen-bond acceptors (Lipinski definition) is 5. The average Bonchev–Trinajstić information content (AvgIpc) is 3.10. The highest BCUT2D eigenvalue weighted by atomic mass is 32.1. The van der Waals surface area contributed by atoms with Crippen LogP contribution in [0.3, 0.4) is 0 Å². The maximum Gasteiger partial charge on any atom is 0.123 e. The number of piperidine rings is 1. The molecule has 2 fully saturated rings. The van der Waals surface area contributed by atoms with Gasteiger partial charge in [0.25, 0.3) is 0 Å². The fourth-order valence-electron chi connectivity index (χ4n) is 4.33. The second-order valence-electron chi connectivity index (χ2n) is 7.80. The summed E-state index contributed by atoms with van der Waals surface area (Å²) in [7, 11) is 0. The number of rotatable bonds is 4. The van der Waals surface area contributed by atoms with Crippen molar-refractivity contribution in [1.29, 1.82) is 0 Å². The number of fused-ring (bicyclic) bond motifs is 1. The molecule has 0 atom stereocenters. The minimum Gasteiger partial charge on any atom is -0.490 e. The molecule has 2 aliphatic heterocycles. The summed E-state index contributed by atoms with van der Waals surface area (Å²) in [5.74, 6) is 0.999. The molecule has 26 heavy (non-hydrogen) atoms. The Bertz CT molecular complexity index is 722. The zero-order chi connectivity index (χ0) is 17.3. The largest absolute Gasteiger partial charge is 0.490 e. The second kappa shape index (κ2) is 7.29. The molecule has 0 radical (unpaired) electrons. The smallest absolute Gasteiger partial charge is 0.123 e. The SMILES string of the molecule is c1cc(-c2nc3c(s2)CNCC3)ccc1OC1CC(N2CCCCC2)C1. The van der Waals surface area contributed by atoms with Crippen LogP contribution in [0.5, 0.6) is 5.75 Å². The number of nitrogens with zero attached hydrogens (tertiary/aromatic N) is 2. The monoisotopic (exact) mass is 369 g/mol. The zero-order valence-corrected chi connectivity index (χ0v) is 16.1. The van der Waals surface area contributed by atoms with Crippen LogP contribution in [0.4, 0.5) is 0 Å². The van der Waals surface area contributed by atoms with Crippen molar-refractivity contribution in [3.63, 3.8) is 0 Å². The topological polar surface area (TPSA) is 37.4 Å². The van der Waals surface area contributed by atoms with E-state index in [-0.39, 0.29) is 0 Å². The summed E-state index contributed by atoms with van der Waals surface area (Å²) in [5, 5.41) is 4.56. The Hall–Kier alpha value is -1.43. The molecule has 0 unspecified atom stereocenters. The Kier molecular flexibility index (Phi) is 4.69. The lowest BCUT2D eigenvalue weighted by Gasteiger charge is -2.44. The molecule has 4 nitrogen and oxygen atoms in total. The number of thiazole rings is 1. The van der Waals surface area contributed by atoms with Gasteiger partial charge in [-0.3, -0.25) is 0 Å². The molecule has 3 aliphatic rings. The first-order chi connectivity index (χ1) is 12.8. The highest BCUT2D eigenvalue weighted by Gasteiger charge is 2.35. The molecule has 1 aromatic heterocycles. The van der Waals surface area contributed by atoms with Crippen molar-refractivity contribution in [1.82, 2.24) is 15.2 Å². The van der Waals surface area contributed by atoms with Gasteiger partial charge in [-0.1, -0.05) is 6.42 Å². The van der Waals surface area contributed by atoms with Gasteiger partial charge >= 0.3 is 0 Å². The maximum absolute atomic E-state index is 6.19. The highest BCUT2D eigenvalue weighted by Crippen LogP contribution is 2.34. The normalized spacial score (nSPS) is 26.2. The highest BCUT2D eigenvalue weighted by molar-refractivity contribution is 7.15. The van der Waals surface area contributed by atoms with Crippen LogP contribution in [0.15, 0.2) is 24.3 Å². The predicted octanol–water partition coefficient (Wildman–Crippen LogP) is 3.85. The van der Waals surface area contributed by atoms with Crippen LogP contribution >= 0.6 is 11.3 Å². The van der Waals surface area contributed by atoms with E-state index < -0.39 is 0 Å². The quantitative estimate of drug-likeness (QED) is 0.888. The first-order valence-electron chi connectivity index (χ1n) is 10.1. The van der Waals surface area contributed by atoms with Gasteiger partial charge in [-0.05, 0) is 50.2 Å². The van der Waals surface area contributed by atoms with Crippen molar-refractivity contribution < 1.29 is 4.74 Å². The van der Waals surface area contributed by atoms with Crippen molar-refractivity contribution in [2.45, 2.75) is 57.2 Å². The lowest BCUT2D eigenvalue weighted by atomic mass is 9.86. The molecular formula is C21H27N3OS. The first-order valence-corrected chi connectivity index (χ1v) is 10.9. The van der Waals surface area contributed by atoms with Gasteiger partial charge in [0.15, 0.2) is 0 Å². The van der Waals surface area contributed by atoms with E-state index in [1.807, 2.05) is 11.3 Å². The Morgan fingerprint density at radius 1 is 1.08 bits per heavy atom. The summed E-state index contributed by atoms with van der Waals surface area (Å²) >= 11 is 1.82. The number of likely N-dealkylation sites (tertiary alicyclic amines) is 1. The van der Waals surface area contributed by atoms with Crippen LogP contribution in [0.2, 0.25) is 0 Å². The lowest BCUT2D eigenvalue weighted by Crippen LogP contribution is -2.50. The van der Waals surface area contributed by atoms with Crippen LogP contribution in [0.1, 0.15) is 42.7 Å².